The number of nitrogens with zero attached hydrogens (tertiary/aromatic N) is 1. The maximum Gasteiger partial charge on any atom is 0.231 e. The van der Waals surface area contributed by atoms with Crippen molar-refractivity contribution in [2.45, 2.75) is 6.92 Å². The standard InChI is InChI=1S/C14H12N2O2/c1-8-3-2-4-11-13(8)18-14(16-11)10-6-5-9(15)7-12(10)17/h2-7,17H,15H2,1H3. The van der Waals surface area contributed by atoms with Crippen LogP contribution in [0.4, 0.5) is 5.69 Å². The van der Waals surface area contributed by atoms with Crippen LogP contribution in [0.3, 0.4) is 0 Å². The Balaban J connectivity index is 2.23. The normalized spacial score (nSPS) is 10.9. The first-order valence-corrected chi connectivity index (χ1v) is 5.60. The van der Waals surface area contributed by atoms with E-state index in [1.54, 1.807) is 12.1 Å². The molecule has 4 nitrogen and oxygen atoms in total. The lowest BCUT2D eigenvalue weighted by Gasteiger charge is -2.00. The van der Waals surface area contributed by atoms with Crippen molar-refractivity contribution in [2.75, 3.05) is 5.73 Å². The highest BCUT2D eigenvalue weighted by atomic mass is 16.3. The first-order chi connectivity index (χ1) is 8.65. The van der Waals surface area contributed by atoms with Crippen LogP contribution < -0.4 is 5.73 Å². The Morgan fingerprint density at radius 3 is 2.78 bits per heavy atom. The van der Waals surface area contributed by atoms with Gasteiger partial charge in [0.2, 0.25) is 5.89 Å². The highest BCUT2D eigenvalue weighted by Gasteiger charge is 2.13. The molecule has 3 aromatic rings. The molecule has 0 atom stereocenters. The molecule has 0 amide bonds. The molecule has 0 aliphatic rings. The van der Waals surface area contributed by atoms with E-state index in [9.17, 15) is 5.11 Å². The van der Waals surface area contributed by atoms with Crippen molar-refractivity contribution in [1.29, 1.82) is 0 Å². The van der Waals surface area contributed by atoms with Crippen LogP contribution in [0.15, 0.2) is 40.8 Å². The number of benzene rings is 2. The number of phenols is 1. The van der Waals surface area contributed by atoms with E-state index in [4.69, 9.17) is 10.2 Å². The average molecular weight is 240 g/mol. The van der Waals surface area contributed by atoms with Crippen LogP contribution in [0.1, 0.15) is 5.56 Å². The van der Waals surface area contributed by atoms with Gasteiger partial charge in [-0.1, -0.05) is 12.1 Å². The molecule has 0 bridgehead atoms. The third-order valence-electron chi connectivity index (χ3n) is 2.86. The Labute approximate surface area is 104 Å². The largest absolute Gasteiger partial charge is 0.507 e. The van der Waals surface area contributed by atoms with Crippen molar-refractivity contribution in [2.24, 2.45) is 0 Å². The zero-order chi connectivity index (χ0) is 12.7. The van der Waals surface area contributed by atoms with Gasteiger partial charge < -0.3 is 15.3 Å². The lowest BCUT2D eigenvalue weighted by Crippen LogP contribution is -1.85. The maximum atomic E-state index is 9.86. The number of phenolic OH excluding ortho intramolecular Hbond substituents is 1. The Morgan fingerprint density at radius 1 is 1.22 bits per heavy atom. The summed E-state index contributed by atoms with van der Waals surface area (Å²) in [5.74, 6) is 0.469. The highest BCUT2D eigenvalue weighted by Crippen LogP contribution is 2.32. The fourth-order valence-electron chi connectivity index (χ4n) is 1.93. The molecular formula is C14H12N2O2. The lowest BCUT2D eigenvalue weighted by molar-refractivity contribution is 0.474. The van der Waals surface area contributed by atoms with Crippen LogP contribution in [-0.4, -0.2) is 10.1 Å². The highest BCUT2D eigenvalue weighted by molar-refractivity contribution is 5.80. The molecule has 0 fully saturated rings. The number of nitrogens with two attached hydrogens (primary N) is 1. The molecule has 4 heteroatoms. The molecule has 0 radical (unpaired) electrons. The van der Waals surface area contributed by atoms with E-state index >= 15 is 0 Å². The predicted octanol–water partition coefficient (Wildman–Crippen LogP) is 3.09. The number of aromatic nitrogens is 1. The number of oxazole rings is 1. The monoisotopic (exact) mass is 240 g/mol. The molecule has 1 aromatic heterocycles. The second kappa shape index (κ2) is 3.77. The van der Waals surface area contributed by atoms with Gasteiger partial charge in [0.05, 0.1) is 5.56 Å². The molecule has 0 unspecified atom stereocenters. The summed E-state index contributed by atoms with van der Waals surface area (Å²) in [6.07, 6.45) is 0. The predicted molar refractivity (Wildman–Crippen MR) is 70.3 cm³/mol. The lowest BCUT2D eigenvalue weighted by atomic mass is 10.2. The van der Waals surface area contributed by atoms with E-state index < -0.39 is 0 Å². The molecular weight excluding hydrogens is 228 g/mol. The van der Waals surface area contributed by atoms with Crippen LogP contribution in [0, 0.1) is 6.92 Å². The van der Waals surface area contributed by atoms with Gasteiger partial charge in [-0.25, -0.2) is 4.98 Å². The number of para-hydroxylation sites is 1. The third kappa shape index (κ3) is 1.59. The molecule has 0 saturated heterocycles. The van der Waals surface area contributed by atoms with Gasteiger partial charge in [-0.05, 0) is 30.7 Å². The van der Waals surface area contributed by atoms with Gasteiger partial charge >= 0.3 is 0 Å². The molecule has 1 heterocycles. The summed E-state index contributed by atoms with van der Waals surface area (Å²) in [4.78, 5) is 4.37. The minimum absolute atomic E-state index is 0.0687. The molecule has 18 heavy (non-hydrogen) atoms. The molecule has 0 saturated carbocycles. The molecule has 90 valence electrons. The maximum absolute atomic E-state index is 9.86. The van der Waals surface area contributed by atoms with Crippen molar-refractivity contribution in [3.63, 3.8) is 0 Å². The molecule has 0 aliphatic heterocycles. The van der Waals surface area contributed by atoms with Crippen molar-refractivity contribution < 1.29 is 9.52 Å². The Kier molecular flexibility index (Phi) is 2.23. The van der Waals surface area contributed by atoms with Crippen molar-refractivity contribution >= 4 is 16.8 Å². The third-order valence-corrected chi connectivity index (χ3v) is 2.86. The van der Waals surface area contributed by atoms with Gasteiger partial charge in [-0.3, -0.25) is 0 Å². The Hall–Kier alpha value is -2.49. The van der Waals surface area contributed by atoms with Crippen LogP contribution in [-0.2, 0) is 0 Å². The second-order valence-electron chi connectivity index (χ2n) is 4.22. The van der Waals surface area contributed by atoms with E-state index in [1.807, 2.05) is 25.1 Å². The van der Waals surface area contributed by atoms with Crippen LogP contribution in [0.2, 0.25) is 0 Å². The van der Waals surface area contributed by atoms with Crippen molar-refractivity contribution in [3.8, 4) is 17.2 Å². The van der Waals surface area contributed by atoms with E-state index in [1.165, 1.54) is 6.07 Å². The fraction of sp³-hybridized carbons (Fsp3) is 0.0714. The minimum atomic E-state index is 0.0687. The van der Waals surface area contributed by atoms with Gasteiger partial charge in [0, 0.05) is 11.8 Å². The topological polar surface area (TPSA) is 72.3 Å². The average Bonchev–Trinajstić information content (AvgIpc) is 2.74. The van der Waals surface area contributed by atoms with Gasteiger partial charge in [0.25, 0.3) is 0 Å². The minimum Gasteiger partial charge on any atom is -0.507 e. The summed E-state index contributed by atoms with van der Waals surface area (Å²) in [6.45, 7) is 1.96. The number of hydrogen-bond acceptors (Lipinski definition) is 4. The SMILES string of the molecule is Cc1cccc2nc(-c3ccc(N)cc3O)oc12. The van der Waals surface area contributed by atoms with Crippen molar-refractivity contribution in [3.05, 3.63) is 42.0 Å². The number of anilines is 1. The number of hydrogen-bond donors (Lipinski definition) is 2. The van der Waals surface area contributed by atoms with Crippen LogP contribution in [0.5, 0.6) is 5.75 Å². The smallest absolute Gasteiger partial charge is 0.231 e. The van der Waals surface area contributed by atoms with Crippen LogP contribution >= 0.6 is 0 Å². The molecule has 3 N–H and O–H groups in total. The summed E-state index contributed by atoms with van der Waals surface area (Å²) in [5, 5.41) is 9.86. The summed E-state index contributed by atoms with van der Waals surface area (Å²) >= 11 is 0. The first-order valence-electron chi connectivity index (χ1n) is 5.60. The van der Waals surface area contributed by atoms with Gasteiger partial charge in [-0.15, -0.1) is 0 Å². The molecule has 2 aromatic carbocycles. The Morgan fingerprint density at radius 2 is 2.06 bits per heavy atom. The van der Waals surface area contributed by atoms with Crippen LogP contribution in [0.25, 0.3) is 22.6 Å². The van der Waals surface area contributed by atoms with E-state index in [0.717, 1.165) is 16.7 Å². The molecule has 0 aliphatic carbocycles. The van der Waals surface area contributed by atoms with E-state index in [-0.39, 0.29) is 5.75 Å². The quantitative estimate of drug-likeness (QED) is 0.641. The van der Waals surface area contributed by atoms with E-state index in [2.05, 4.69) is 4.98 Å². The first kappa shape index (κ1) is 10.7. The number of aromatic hydroxyl groups is 1. The van der Waals surface area contributed by atoms with E-state index in [0.29, 0.717) is 17.1 Å². The summed E-state index contributed by atoms with van der Waals surface area (Å²) in [7, 11) is 0. The zero-order valence-corrected chi connectivity index (χ0v) is 9.84. The van der Waals surface area contributed by atoms with Gasteiger partial charge in [0.15, 0.2) is 5.58 Å². The Bertz CT molecular complexity index is 732. The molecule has 3 rings (SSSR count). The second-order valence-corrected chi connectivity index (χ2v) is 4.22. The molecule has 0 spiro atoms. The number of fused-ring (bicyclic) bond motifs is 1. The number of rotatable bonds is 1. The van der Waals surface area contributed by atoms with Gasteiger partial charge in [0.1, 0.15) is 11.3 Å². The number of aryl methyl sites for hydroxylation is 1. The summed E-state index contributed by atoms with van der Waals surface area (Å²) in [5.41, 5.74) is 9.17. The fourth-order valence-corrected chi connectivity index (χ4v) is 1.93. The van der Waals surface area contributed by atoms with Gasteiger partial charge in [-0.2, -0.15) is 0 Å². The summed E-state index contributed by atoms with van der Waals surface area (Å²) < 4.78 is 5.69. The van der Waals surface area contributed by atoms with Crippen molar-refractivity contribution in [1.82, 2.24) is 4.98 Å². The zero-order valence-electron chi connectivity index (χ0n) is 9.84. The number of nitrogen functional groups attached to an aromatic ring is 1. The summed E-state index contributed by atoms with van der Waals surface area (Å²) in [6, 6.07) is 10.6.